The van der Waals surface area contributed by atoms with Gasteiger partial charge in [-0.15, -0.1) is 0 Å². The highest BCUT2D eigenvalue weighted by atomic mass is 19.3. The fraction of sp³-hybridized carbons (Fsp3) is 0.300. The first-order valence-corrected chi connectivity index (χ1v) is 8.55. The standard InChI is InChI=1S/C20H21F2NO5/c1-13(24)14-5-8-16(9-6-14)27-11-3-4-19(25)23-15-7-10-17(26-2)18(12-15)28-20(21)22/h5-10,12,20H,3-4,11H2,1-2H3,(H,23,25). The van der Waals surface area contributed by atoms with Gasteiger partial charge < -0.3 is 19.5 Å². The van der Waals surface area contributed by atoms with Crippen LogP contribution in [-0.4, -0.2) is 32.0 Å². The van der Waals surface area contributed by atoms with Crippen LogP contribution in [0.4, 0.5) is 14.5 Å². The van der Waals surface area contributed by atoms with Gasteiger partial charge in [-0.2, -0.15) is 8.78 Å². The van der Waals surface area contributed by atoms with Crippen molar-refractivity contribution in [1.82, 2.24) is 0 Å². The van der Waals surface area contributed by atoms with Crippen molar-refractivity contribution < 1.29 is 32.6 Å². The fourth-order valence-corrected chi connectivity index (χ4v) is 2.37. The summed E-state index contributed by atoms with van der Waals surface area (Å²) in [5.74, 6) is 0.275. The molecule has 0 aliphatic heterocycles. The highest BCUT2D eigenvalue weighted by molar-refractivity contribution is 5.94. The molecule has 0 saturated carbocycles. The number of anilines is 1. The molecule has 2 aromatic carbocycles. The average Bonchev–Trinajstić information content (AvgIpc) is 2.65. The molecule has 0 aliphatic rings. The summed E-state index contributed by atoms with van der Waals surface area (Å²) in [5.41, 5.74) is 0.920. The number of ketones is 1. The largest absolute Gasteiger partial charge is 0.494 e. The molecule has 150 valence electrons. The molecule has 1 N–H and O–H groups in total. The topological polar surface area (TPSA) is 73.9 Å². The number of hydrogen-bond acceptors (Lipinski definition) is 5. The fourth-order valence-electron chi connectivity index (χ4n) is 2.37. The SMILES string of the molecule is COc1ccc(NC(=O)CCCOc2ccc(C(C)=O)cc2)cc1OC(F)F. The van der Waals surface area contributed by atoms with Crippen LogP contribution in [-0.2, 0) is 4.79 Å². The Balaban J connectivity index is 1.80. The van der Waals surface area contributed by atoms with Crippen molar-refractivity contribution in [3.63, 3.8) is 0 Å². The summed E-state index contributed by atoms with van der Waals surface area (Å²) in [5, 5.41) is 2.61. The molecular formula is C20H21F2NO5. The van der Waals surface area contributed by atoms with Crippen molar-refractivity contribution in [3.05, 3.63) is 48.0 Å². The van der Waals surface area contributed by atoms with E-state index in [0.29, 0.717) is 30.0 Å². The van der Waals surface area contributed by atoms with Crippen molar-refractivity contribution >= 4 is 17.4 Å². The first-order valence-electron chi connectivity index (χ1n) is 8.55. The molecule has 6 nitrogen and oxygen atoms in total. The molecule has 0 saturated heterocycles. The van der Waals surface area contributed by atoms with Gasteiger partial charge in [0.1, 0.15) is 5.75 Å². The number of amides is 1. The number of carbonyl (C=O) groups is 2. The second-order valence-corrected chi connectivity index (χ2v) is 5.82. The van der Waals surface area contributed by atoms with Crippen LogP contribution < -0.4 is 19.5 Å². The number of methoxy groups -OCH3 is 1. The lowest BCUT2D eigenvalue weighted by atomic mass is 10.1. The number of carbonyl (C=O) groups excluding carboxylic acids is 2. The van der Waals surface area contributed by atoms with Crippen LogP contribution in [0.2, 0.25) is 0 Å². The van der Waals surface area contributed by atoms with Gasteiger partial charge in [-0.1, -0.05) is 0 Å². The molecule has 28 heavy (non-hydrogen) atoms. The third kappa shape index (κ3) is 6.53. The van der Waals surface area contributed by atoms with E-state index in [4.69, 9.17) is 9.47 Å². The van der Waals surface area contributed by atoms with Gasteiger partial charge in [0.05, 0.1) is 13.7 Å². The zero-order chi connectivity index (χ0) is 20.5. The van der Waals surface area contributed by atoms with E-state index in [-0.39, 0.29) is 29.6 Å². The number of nitrogens with one attached hydrogen (secondary N) is 1. The Bertz CT molecular complexity index is 809. The van der Waals surface area contributed by atoms with E-state index in [9.17, 15) is 18.4 Å². The van der Waals surface area contributed by atoms with Crippen molar-refractivity contribution in [1.29, 1.82) is 0 Å². The minimum absolute atomic E-state index is 0.0242. The molecule has 2 aromatic rings. The Morgan fingerprint density at radius 3 is 2.39 bits per heavy atom. The van der Waals surface area contributed by atoms with Crippen molar-refractivity contribution in [3.8, 4) is 17.2 Å². The number of alkyl halides is 2. The van der Waals surface area contributed by atoms with Crippen molar-refractivity contribution in [2.24, 2.45) is 0 Å². The number of hydrogen-bond donors (Lipinski definition) is 1. The van der Waals surface area contributed by atoms with Gasteiger partial charge in [-0.05, 0) is 49.7 Å². The summed E-state index contributed by atoms with van der Waals surface area (Å²) in [7, 11) is 1.33. The first kappa shape index (κ1) is 21.1. The second-order valence-electron chi connectivity index (χ2n) is 5.82. The predicted octanol–water partition coefficient (Wildman–Crippen LogP) is 4.30. The van der Waals surface area contributed by atoms with E-state index in [1.807, 2.05) is 0 Å². The maximum atomic E-state index is 12.4. The molecule has 1 amide bonds. The molecule has 0 radical (unpaired) electrons. The second kappa shape index (κ2) is 10.2. The predicted molar refractivity (Wildman–Crippen MR) is 99.4 cm³/mol. The van der Waals surface area contributed by atoms with E-state index in [1.165, 1.54) is 32.2 Å². The van der Waals surface area contributed by atoms with Crippen LogP contribution in [0.25, 0.3) is 0 Å². The van der Waals surface area contributed by atoms with Crippen LogP contribution in [0.5, 0.6) is 17.2 Å². The van der Waals surface area contributed by atoms with Gasteiger partial charge in [-0.25, -0.2) is 0 Å². The molecule has 0 aromatic heterocycles. The zero-order valence-electron chi connectivity index (χ0n) is 15.5. The van der Waals surface area contributed by atoms with Gasteiger partial charge >= 0.3 is 6.61 Å². The summed E-state index contributed by atoms with van der Waals surface area (Å²) in [6, 6.07) is 11.0. The number of rotatable bonds is 10. The van der Waals surface area contributed by atoms with Gasteiger partial charge in [0, 0.05) is 23.7 Å². The molecule has 0 heterocycles. The first-order chi connectivity index (χ1) is 13.4. The summed E-state index contributed by atoms with van der Waals surface area (Å²) in [6.45, 7) is -1.20. The minimum atomic E-state index is -3.00. The monoisotopic (exact) mass is 393 g/mol. The smallest absolute Gasteiger partial charge is 0.387 e. The summed E-state index contributed by atoms with van der Waals surface area (Å²) < 4.78 is 39.7. The van der Waals surface area contributed by atoms with Crippen LogP contribution in [0.15, 0.2) is 42.5 Å². The zero-order valence-corrected chi connectivity index (χ0v) is 15.5. The maximum absolute atomic E-state index is 12.4. The third-order valence-corrected chi connectivity index (χ3v) is 3.74. The van der Waals surface area contributed by atoms with Gasteiger partial charge in [-0.3, -0.25) is 9.59 Å². The van der Waals surface area contributed by atoms with Crippen molar-refractivity contribution in [2.45, 2.75) is 26.4 Å². The molecule has 0 fully saturated rings. The summed E-state index contributed by atoms with van der Waals surface area (Å²) in [4.78, 5) is 23.2. The summed E-state index contributed by atoms with van der Waals surface area (Å²) >= 11 is 0. The quantitative estimate of drug-likeness (QED) is 0.481. The lowest BCUT2D eigenvalue weighted by molar-refractivity contribution is -0.116. The van der Waals surface area contributed by atoms with E-state index in [1.54, 1.807) is 24.3 Å². The Kier molecular flexibility index (Phi) is 7.74. The highest BCUT2D eigenvalue weighted by Gasteiger charge is 2.12. The van der Waals surface area contributed by atoms with E-state index in [2.05, 4.69) is 10.1 Å². The van der Waals surface area contributed by atoms with Crippen LogP contribution in [0.3, 0.4) is 0 Å². The van der Waals surface area contributed by atoms with E-state index >= 15 is 0 Å². The lowest BCUT2D eigenvalue weighted by Gasteiger charge is -2.12. The average molecular weight is 393 g/mol. The lowest BCUT2D eigenvalue weighted by Crippen LogP contribution is -2.13. The molecule has 0 spiro atoms. The van der Waals surface area contributed by atoms with E-state index < -0.39 is 6.61 Å². The van der Waals surface area contributed by atoms with Gasteiger partial charge in [0.25, 0.3) is 0 Å². The van der Waals surface area contributed by atoms with Crippen LogP contribution in [0.1, 0.15) is 30.1 Å². The molecule has 8 heteroatoms. The molecule has 0 bridgehead atoms. The Hall–Kier alpha value is -3.16. The number of Topliss-reactive ketones (excluding diaryl/α,β-unsaturated/α-hetero) is 1. The van der Waals surface area contributed by atoms with Gasteiger partial charge in [0.15, 0.2) is 17.3 Å². The Morgan fingerprint density at radius 2 is 1.79 bits per heavy atom. The minimum Gasteiger partial charge on any atom is -0.494 e. The van der Waals surface area contributed by atoms with Crippen molar-refractivity contribution in [2.75, 3.05) is 19.0 Å². The Labute approximate surface area is 161 Å². The van der Waals surface area contributed by atoms with Gasteiger partial charge in [0.2, 0.25) is 5.91 Å². The number of halogens is 2. The molecule has 0 aliphatic carbocycles. The normalized spacial score (nSPS) is 10.5. The van der Waals surface area contributed by atoms with Crippen LogP contribution >= 0.6 is 0 Å². The van der Waals surface area contributed by atoms with E-state index in [0.717, 1.165) is 0 Å². The number of ether oxygens (including phenoxy) is 3. The van der Waals surface area contributed by atoms with Crippen LogP contribution in [0, 0.1) is 0 Å². The molecule has 0 atom stereocenters. The molecule has 0 unspecified atom stereocenters. The number of benzene rings is 2. The molecular weight excluding hydrogens is 372 g/mol. The maximum Gasteiger partial charge on any atom is 0.387 e. The Morgan fingerprint density at radius 1 is 1.07 bits per heavy atom. The highest BCUT2D eigenvalue weighted by Crippen LogP contribution is 2.31. The third-order valence-electron chi connectivity index (χ3n) is 3.74. The molecule has 2 rings (SSSR count). The summed E-state index contributed by atoms with van der Waals surface area (Å²) in [6.07, 6.45) is 0.638.